The molecule has 3 aliphatic rings. The van der Waals surface area contributed by atoms with Gasteiger partial charge >= 0.3 is 6.18 Å². The van der Waals surface area contributed by atoms with Gasteiger partial charge < -0.3 is 10.2 Å². The van der Waals surface area contributed by atoms with Gasteiger partial charge in [0, 0.05) is 30.8 Å². The summed E-state index contributed by atoms with van der Waals surface area (Å²) in [5, 5.41) is 2.95. The molecule has 1 heterocycles. The second kappa shape index (κ2) is 10.2. The SMILES string of the molecule is O=C(Nc1ccc2c(c1)CCN(C(=O)CC1CC3CCC1C3)C2)c1ccccc1-c1ccc(C(F)(F)F)cc1. The number of carbonyl (C=O) groups excluding carboxylic acids is 2. The number of hydrogen-bond donors (Lipinski definition) is 1. The first kappa shape index (κ1) is 25.7. The average Bonchev–Trinajstić information content (AvgIpc) is 3.56. The summed E-state index contributed by atoms with van der Waals surface area (Å²) in [6, 6.07) is 17.5. The van der Waals surface area contributed by atoms with Gasteiger partial charge in [-0.3, -0.25) is 9.59 Å². The third kappa shape index (κ3) is 5.32. The molecule has 2 amide bonds. The molecular formula is C32H31F3N2O2. The number of rotatable bonds is 5. The van der Waals surface area contributed by atoms with Gasteiger partial charge in [0.05, 0.1) is 5.56 Å². The first-order valence-corrected chi connectivity index (χ1v) is 13.7. The summed E-state index contributed by atoms with van der Waals surface area (Å²) >= 11 is 0. The van der Waals surface area contributed by atoms with E-state index < -0.39 is 11.7 Å². The van der Waals surface area contributed by atoms with Crippen LogP contribution in [0.5, 0.6) is 0 Å². The zero-order chi connectivity index (χ0) is 27.1. The van der Waals surface area contributed by atoms with Crippen LogP contribution in [-0.2, 0) is 23.9 Å². The second-order valence-corrected chi connectivity index (χ2v) is 11.3. The highest BCUT2D eigenvalue weighted by atomic mass is 19.4. The summed E-state index contributed by atoms with van der Waals surface area (Å²) in [5.41, 5.74) is 3.63. The van der Waals surface area contributed by atoms with E-state index in [4.69, 9.17) is 0 Å². The Labute approximate surface area is 226 Å². The first-order valence-electron chi connectivity index (χ1n) is 13.7. The predicted molar refractivity (Wildman–Crippen MR) is 144 cm³/mol. The Hall–Kier alpha value is -3.61. The van der Waals surface area contributed by atoms with Crippen LogP contribution in [0.4, 0.5) is 18.9 Å². The second-order valence-electron chi connectivity index (χ2n) is 11.3. The molecule has 1 aliphatic heterocycles. The Bertz CT molecular complexity index is 1400. The number of amides is 2. The van der Waals surface area contributed by atoms with Gasteiger partial charge in [0.1, 0.15) is 0 Å². The highest BCUT2D eigenvalue weighted by Crippen LogP contribution is 2.49. The average molecular weight is 533 g/mol. The van der Waals surface area contributed by atoms with E-state index >= 15 is 0 Å². The lowest BCUT2D eigenvalue weighted by atomic mass is 9.86. The maximum atomic E-state index is 13.2. The minimum atomic E-state index is -4.41. The Morgan fingerprint density at radius 1 is 0.923 bits per heavy atom. The zero-order valence-corrected chi connectivity index (χ0v) is 21.6. The number of nitrogens with zero attached hydrogens (tertiary/aromatic N) is 1. The summed E-state index contributed by atoms with van der Waals surface area (Å²) in [5.74, 6) is 2.07. The quantitative estimate of drug-likeness (QED) is 0.374. The van der Waals surface area contributed by atoms with Crippen LogP contribution in [0.2, 0.25) is 0 Å². The fourth-order valence-electron chi connectivity index (χ4n) is 6.79. The van der Waals surface area contributed by atoms with E-state index in [9.17, 15) is 22.8 Å². The Morgan fingerprint density at radius 2 is 1.72 bits per heavy atom. The lowest BCUT2D eigenvalue weighted by Gasteiger charge is -2.31. The Morgan fingerprint density at radius 3 is 2.44 bits per heavy atom. The first-order chi connectivity index (χ1) is 18.7. The molecule has 2 fully saturated rings. The van der Waals surface area contributed by atoms with Crippen molar-refractivity contribution >= 4 is 17.5 Å². The number of hydrogen-bond acceptors (Lipinski definition) is 2. The predicted octanol–water partition coefficient (Wildman–Crippen LogP) is 7.34. The molecule has 3 aromatic carbocycles. The van der Waals surface area contributed by atoms with Crippen molar-refractivity contribution in [3.63, 3.8) is 0 Å². The number of carbonyl (C=O) groups is 2. The maximum Gasteiger partial charge on any atom is 0.416 e. The van der Waals surface area contributed by atoms with Gasteiger partial charge in [-0.1, -0.05) is 42.8 Å². The monoisotopic (exact) mass is 532 g/mol. The van der Waals surface area contributed by atoms with E-state index in [2.05, 4.69) is 5.32 Å². The van der Waals surface area contributed by atoms with E-state index in [-0.39, 0.29) is 11.8 Å². The topological polar surface area (TPSA) is 49.4 Å². The zero-order valence-electron chi connectivity index (χ0n) is 21.6. The van der Waals surface area contributed by atoms with E-state index in [1.807, 2.05) is 23.1 Å². The van der Waals surface area contributed by atoms with Gasteiger partial charge in [-0.15, -0.1) is 0 Å². The minimum absolute atomic E-state index is 0.260. The van der Waals surface area contributed by atoms with Crippen LogP contribution < -0.4 is 5.32 Å². The van der Waals surface area contributed by atoms with E-state index in [1.165, 1.54) is 37.8 Å². The molecule has 0 spiro atoms. The van der Waals surface area contributed by atoms with Crippen LogP contribution in [0.1, 0.15) is 59.2 Å². The molecular weight excluding hydrogens is 501 g/mol. The third-order valence-electron chi connectivity index (χ3n) is 8.85. The smallest absolute Gasteiger partial charge is 0.338 e. The van der Waals surface area contributed by atoms with Gasteiger partial charge in [-0.25, -0.2) is 0 Å². The summed E-state index contributed by atoms with van der Waals surface area (Å²) in [7, 11) is 0. The van der Waals surface area contributed by atoms with Crippen molar-refractivity contribution in [2.75, 3.05) is 11.9 Å². The van der Waals surface area contributed by atoms with Crippen LogP contribution >= 0.6 is 0 Å². The number of fused-ring (bicyclic) bond motifs is 3. The van der Waals surface area contributed by atoms with Crippen LogP contribution in [-0.4, -0.2) is 23.3 Å². The van der Waals surface area contributed by atoms with Crippen LogP contribution in [0, 0.1) is 17.8 Å². The van der Waals surface area contributed by atoms with Crippen LogP contribution in [0.25, 0.3) is 11.1 Å². The van der Waals surface area contributed by atoms with Crippen molar-refractivity contribution in [1.29, 1.82) is 0 Å². The molecule has 0 aromatic heterocycles. The molecule has 2 bridgehead atoms. The number of anilines is 1. The van der Waals surface area contributed by atoms with Gasteiger partial charge in [-0.05, 0) is 96.0 Å². The molecule has 0 radical (unpaired) electrons. The number of nitrogens with one attached hydrogen (secondary N) is 1. The highest BCUT2D eigenvalue weighted by Gasteiger charge is 2.40. The molecule has 1 N–H and O–H groups in total. The minimum Gasteiger partial charge on any atom is -0.338 e. The standard InChI is InChI=1S/C32H31F3N2O2/c33-32(34,35)26-10-7-21(8-11-26)28-3-1-2-4-29(28)31(39)36-27-12-9-24-19-37(14-13-23(24)17-27)30(38)18-25-16-20-5-6-22(25)15-20/h1-4,7-12,17,20,22,25H,5-6,13-16,18-19H2,(H,36,39). The molecule has 3 aromatic rings. The summed E-state index contributed by atoms with van der Waals surface area (Å²) in [4.78, 5) is 28.2. The molecule has 2 aliphatic carbocycles. The number of benzene rings is 3. The Kier molecular flexibility index (Phi) is 6.69. The highest BCUT2D eigenvalue weighted by molar-refractivity contribution is 6.08. The normalized spacial score (nSPS) is 22.0. The van der Waals surface area contributed by atoms with Crippen molar-refractivity contribution in [1.82, 2.24) is 4.90 Å². The largest absolute Gasteiger partial charge is 0.416 e. The van der Waals surface area contributed by atoms with Gasteiger partial charge in [0.2, 0.25) is 5.91 Å². The molecule has 3 atom stereocenters. The van der Waals surface area contributed by atoms with E-state index in [0.29, 0.717) is 47.8 Å². The Balaban J connectivity index is 1.12. The molecule has 0 saturated heterocycles. The third-order valence-corrected chi connectivity index (χ3v) is 8.85. The lowest BCUT2D eigenvalue weighted by molar-refractivity contribution is -0.137. The molecule has 3 unspecified atom stereocenters. The molecule has 202 valence electrons. The molecule has 7 heteroatoms. The van der Waals surface area contributed by atoms with Crippen molar-refractivity contribution in [3.05, 3.63) is 89.0 Å². The molecule has 4 nitrogen and oxygen atoms in total. The molecule has 39 heavy (non-hydrogen) atoms. The number of alkyl halides is 3. The van der Waals surface area contributed by atoms with Gasteiger partial charge in [0.25, 0.3) is 5.91 Å². The van der Waals surface area contributed by atoms with Crippen molar-refractivity contribution in [2.45, 2.75) is 51.2 Å². The van der Waals surface area contributed by atoms with Gasteiger partial charge in [-0.2, -0.15) is 13.2 Å². The van der Waals surface area contributed by atoms with Crippen molar-refractivity contribution in [2.24, 2.45) is 17.8 Å². The molecule has 2 saturated carbocycles. The van der Waals surface area contributed by atoms with Crippen molar-refractivity contribution in [3.8, 4) is 11.1 Å². The summed E-state index contributed by atoms with van der Waals surface area (Å²) in [6.45, 7) is 1.28. The van der Waals surface area contributed by atoms with Crippen LogP contribution in [0.3, 0.4) is 0 Å². The molecule has 6 rings (SSSR count). The van der Waals surface area contributed by atoms with E-state index in [1.54, 1.807) is 24.3 Å². The van der Waals surface area contributed by atoms with Crippen molar-refractivity contribution < 1.29 is 22.8 Å². The fourth-order valence-corrected chi connectivity index (χ4v) is 6.79. The van der Waals surface area contributed by atoms with Gasteiger partial charge in [0.15, 0.2) is 0 Å². The van der Waals surface area contributed by atoms with Crippen LogP contribution in [0.15, 0.2) is 66.7 Å². The van der Waals surface area contributed by atoms with E-state index in [0.717, 1.165) is 41.5 Å². The lowest BCUT2D eigenvalue weighted by Crippen LogP contribution is -2.37. The summed E-state index contributed by atoms with van der Waals surface area (Å²) in [6.07, 6.45) is 2.14. The number of halogens is 3. The maximum absolute atomic E-state index is 13.2. The fraction of sp³-hybridized carbons (Fsp3) is 0.375. The summed E-state index contributed by atoms with van der Waals surface area (Å²) < 4.78 is 38.9.